The molecule has 0 aliphatic rings. The largest absolute Gasteiger partial charge is 0.417 e. The highest BCUT2D eigenvalue weighted by Gasteiger charge is 2.39. The number of benzene rings is 1. The molecule has 0 radical (unpaired) electrons. The lowest BCUT2D eigenvalue weighted by Crippen LogP contribution is -2.45. The summed E-state index contributed by atoms with van der Waals surface area (Å²) in [5.74, 6) is -0.458. The molecule has 0 fully saturated rings. The second-order valence-corrected chi connectivity index (χ2v) is 6.91. The topological polar surface area (TPSA) is 70.7 Å². The van der Waals surface area contributed by atoms with Gasteiger partial charge in [0.1, 0.15) is 5.54 Å². The SMILES string of the molecule is CCC(CC)(C(=O)Nc1ccc(C#N)c(C(F)(F)F)c1)n1cc(I)cn1. The fraction of sp³-hybridized carbons (Fsp3) is 0.353. The Labute approximate surface area is 162 Å². The highest BCUT2D eigenvalue weighted by Crippen LogP contribution is 2.34. The Morgan fingerprint density at radius 2 is 2.00 bits per heavy atom. The number of nitrogens with zero attached hydrogens (tertiary/aromatic N) is 3. The quantitative estimate of drug-likeness (QED) is 0.645. The molecule has 0 saturated carbocycles. The third kappa shape index (κ3) is 3.85. The van der Waals surface area contributed by atoms with E-state index in [1.54, 1.807) is 17.1 Å². The molecule has 0 aliphatic heterocycles. The number of rotatable bonds is 5. The van der Waals surface area contributed by atoms with Crippen LogP contribution in [0.25, 0.3) is 0 Å². The van der Waals surface area contributed by atoms with Crippen LogP contribution in [0, 0.1) is 14.9 Å². The number of hydrogen-bond acceptors (Lipinski definition) is 3. The predicted octanol–water partition coefficient (Wildman–Crippen LogP) is 4.53. The van der Waals surface area contributed by atoms with Gasteiger partial charge < -0.3 is 5.32 Å². The fourth-order valence-corrected chi connectivity index (χ4v) is 3.12. The van der Waals surface area contributed by atoms with Gasteiger partial charge in [-0.05, 0) is 53.6 Å². The van der Waals surface area contributed by atoms with Gasteiger partial charge in [0.05, 0.1) is 27.0 Å². The minimum absolute atomic E-state index is 0.0190. The summed E-state index contributed by atoms with van der Waals surface area (Å²) in [5, 5.41) is 15.6. The van der Waals surface area contributed by atoms with E-state index in [1.165, 1.54) is 12.1 Å². The summed E-state index contributed by atoms with van der Waals surface area (Å²) in [6, 6.07) is 4.63. The van der Waals surface area contributed by atoms with Crippen molar-refractivity contribution in [3.05, 3.63) is 45.3 Å². The third-order valence-corrected chi connectivity index (χ3v) is 4.84. The summed E-state index contributed by atoms with van der Waals surface area (Å²) in [7, 11) is 0. The Kier molecular flexibility index (Phi) is 5.95. The fourth-order valence-electron chi connectivity index (χ4n) is 2.74. The van der Waals surface area contributed by atoms with Crippen molar-refractivity contribution in [2.45, 2.75) is 38.4 Å². The van der Waals surface area contributed by atoms with Crippen molar-refractivity contribution in [2.75, 3.05) is 5.32 Å². The molecule has 26 heavy (non-hydrogen) atoms. The molecule has 1 heterocycles. The lowest BCUT2D eigenvalue weighted by molar-refractivity contribution is -0.137. The van der Waals surface area contributed by atoms with E-state index in [-0.39, 0.29) is 5.69 Å². The Morgan fingerprint density at radius 3 is 2.46 bits per heavy atom. The van der Waals surface area contributed by atoms with Crippen LogP contribution >= 0.6 is 22.6 Å². The Balaban J connectivity index is 2.40. The first-order valence-corrected chi connectivity index (χ1v) is 8.89. The van der Waals surface area contributed by atoms with Crippen LogP contribution in [0.3, 0.4) is 0 Å². The van der Waals surface area contributed by atoms with E-state index in [4.69, 9.17) is 5.26 Å². The van der Waals surface area contributed by atoms with Gasteiger partial charge in [-0.3, -0.25) is 9.48 Å². The van der Waals surface area contributed by atoms with E-state index >= 15 is 0 Å². The molecule has 0 unspecified atom stereocenters. The van der Waals surface area contributed by atoms with Crippen molar-refractivity contribution >= 4 is 34.2 Å². The lowest BCUT2D eigenvalue weighted by Gasteiger charge is -2.30. The second kappa shape index (κ2) is 7.65. The molecule has 138 valence electrons. The minimum Gasteiger partial charge on any atom is -0.324 e. The van der Waals surface area contributed by atoms with Crippen LogP contribution in [0.4, 0.5) is 18.9 Å². The summed E-state index contributed by atoms with van der Waals surface area (Å²) < 4.78 is 41.7. The van der Waals surface area contributed by atoms with Crippen LogP contribution < -0.4 is 5.32 Å². The molecule has 2 rings (SSSR count). The Hall–Kier alpha value is -2.09. The molecule has 2 aromatic rings. The number of hydrogen-bond donors (Lipinski definition) is 1. The van der Waals surface area contributed by atoms with Gasteiger partial charge in [0.15, 0.2) is 0 Å². The van der Waals surface area contributed by atoms with Crippen molar-refractivity contribution in [3.8, 4) is 6.07 Å². The molecule has 0 saturated heterocycles. The van der Waals surface area contributed by atoms with E-state index in [0.29, 0.717) is 12.8 Å². The molecule has 1 N–H and O–H groups in total. The van der Waals surface area contributed by atoms with E-state index in [2.05, 4.69) is 33.0 Å². The van der Waals surface area contributed by atoms with Gasteiger partial charge in [0.25, 0.3) is 5.91 Å². The van der Waals surface area contributed by atoms with Gasteiger partial charge in [0, 0.05) is 11.9 Å². The number of carbonyl (C=O) groups is 1. The molecule has 0 bridgehead atoms. The molecule has 0 aliphatic carbocycles. The average molecular weight is 476 g/mol. The zero-order valence-corrected chi connectivity index (χ0v) is 16.2. The maximum absolute atomic E-state index is 13.1. The van der Waals surface area contributed by atoms with Crippen LogP contribution in [0.5, 0.6) is 0 Å². The van der Waals surface area contributed by atoms with Crippen LogP contribution in [0.2, 0.25) is 0 Å². The van der Waals surface area contributed by atoms with Crippen molar-refractivity contribution in [3.63, 3.8) is 0 Å². The lowest BCUT2D eigenvalue weighted by atomic mass is 9.91. The monoisotopic (exact) mass is 476 g/mol. The number of amides is 1. The Morgan fingerprint density at radius 1 is 1.35 bits per heavy atom. The van der Waals surface area contributed by atoms with Gasteiger partial charge in [-0.25, -0.2) is 0 Å². The highest BCUT2D eigenvalue weighted by atomic mass is 127. The maximum Gasteiger partial charge on any atom is 0.417 e. The number of nitrogens with one attached hydrogen (secondary N) is 1. The van der Waals surface area contributed by atoms with Crippen molar-refractivity contribution < 1.29 is 18.0 Å². The van der Waals surface area contributed by atoms with E-state index in [1.807, 2.05) is 13.8 Å². The summed E-state index contributed by atoms with van der Waals surface area (Å²) >= 11 is 2.07. The number of aromatic nitrogens is 2. The first-order valence-electron chi connectivity index (χ1n) is 7.81. The molecule has 1 aromatic carbocycles. The smallest absolute Gasteiger partial charge is 0.324 e. The van der Waals surface area contributed by atoms with Gasteiger partial charge in [-0.15, -0.1) is 0 Å². The number of carbonyl (C=O) groups excluding carboxylic acids is 1. The van der Waals surface area contributed by atoms with Gasteiger partial charge >= 0.3 is 6.18 Å². The first kappa shape index (κ1) is 20.2. The van der Waals surface area contributed by atoms with Crippen molar-refractivity contribution in [1.29, 1.82) is 5.26 Å². The maximum atomic E-state index is 13.1. The van der Waals surface area contributed by atoms with Crippen molar-refractivity contribution in [1.82, 2.24) is 9.78 Å². The van der Waals surface area contributed by atoms with Gasteiger partial charge in [-0.1, -0.05) is 13.8 Å². The zero-order chi connectivity index (χ0) is 19.5. The highest BCUT2D eigenvalue weighted by molar-refractivity contribution is 14.1. The Bertz CT molecular complexity index is 850. The first-order chi connectivity index (χ1) is 12.2. The van der Waals surface area contributed by atoms with E-state index < -0.39 is 28.7 Å². The van der Waals surface area contributed by atoms with Crippen LogP contribution in [-0.2, 0) is 16.5 Å². The molecule has 1 amide bonds. The number of anilines is 1. The number of alkyl halides is 3. The van der Waals surface area contributed by atoms with E-state index in [0.717, 1.165) is 15.7 Å². The molecule has 5 nitrogen and oxygen atoms in total. The number of halogens is 4. The summed E-state index contributed by atoms with van der Waals surface area (Å²) in [4.78, 5) is 12.9. The molecule has 0 spiro atoms. The minimum atomic E-state index is -4.68. The summed E-state index contributed by atoms with van der Waals surface area (Å²) in [5.41, 5.74) is -2.61. The number of nitriles is 1. The molecule has 0 atom stereocenters. The predicted molar refractivity (Wildman–Crippen MR) is 98.3 cm³/mol. The van der Waals surface area contributed by atoms with Gasteiger partial charge in [-0.2, -0.15) is 23.5 Å². The molecule has 9 heteroatoms. The van der Waals surface area contributed by atoms with Gasteiger partial charge in [0.2, 0.25) is 0 Å². The van der Waals surface area contributed by atoms with Crippen LogP contribution in [0.15, 0.2) is 30.6 Å². The van der Waals surface area contributed by atoms with Crippen LogP contribution in [-0.4, -0.2) is 15.7 Å². The van der Waals surface area contributed by atoms with Crippen LogP contribution in [0.1, 0.15) is 37.8 Å². The normalized spacial score (nSPS) is 11.9. The summed E-state index contributed by atoms with van der Waals surface area (Å²) in [6.45, 7) is 3.63. The van der Waals surface area contributed by atoms with Crippen molar-refractivity contribution in [2.24, 2.45) is 0 Å². The van der Waals surface area contributed by atoms with E-state index in [9.17, 15) is 18.0 Å². The zero-order valence-electron chi connectivity index (χ0n) is 14.1. The molecular weight excluding hydrogens is 460 g/mol. The molecular formula is C17H16F3IN4O. The third-order valence-electron chi connectivity index (χ3n) is 4.29. The summed E-state index contributed by atoms with van der Waals surface area (Å²) in [6.07, 6.45) is -0.536. The average Bonchev–Trinajstić information content (AvgIpc) is 3.02. The second-order valence-electron chi connectivity index (χ2n) is 5.67. The molecule has 1 aromatic heterocycles. The standard InChI is InChI=1S/C17H16F3IN4O/c1-3-16(4-2,25-10-12(21)9-23-25)15(26)24-13-6-5-11(8-22)14(7-13)17(18,19)20/h5-7,9-10H,3-4H2,1-2H3,(H,24,26).